The van der Waals surface area contributed by atoms with Crippen LogP contribution in [0.15, 0.2) is 54.4 Å². The summed E-state index contributed by atoms with van der Waals surface area (Å²) in [7, 11) is 1.96. The number of benzene rings is 1. The van der Waals surface area contributed by atoms with Gasteiger partial charge in [-0.2, -0.15) is 0 Å². The van der Waals surface area contributed by atoms with E-state index in [0.29, 0.717) is 5.70 Å². The van der Waals surface area contributed by atoms with E-state index in [4.69, 9.17) is 0 Å². The Morgan fingerprint density at radius 1 is 1.11 bits per heavy atom. The molecule has 0 spiro atoms. The molecule has 1 aromatic carbocycles. The standard InChI is InChI=1S/C15H12N2O.HI/c1-17-9-5-4-6-11(17)10-14-15(18)12-7-2-3-8-13(12)16-14;/h2-10H,1H3;1H. The lowest BCUT2D eigenvalue weighted by molar-refractivity contribution is -0.673. The normalized spacial score (nSPS) is 14.8. The Morgan fingerprint density at radius 2 is 1.84 bits per heavy atom. The number of rotatable bonds is 1. The minimum atomic E-state index is 0. The number of carbonyl (C=O) groups excluding carboxylic acids is 1. The molecule has 2 heterocycles. The van der Waals surface area contributed by atoms with Crippen LogP contribution in [0.25, 0.3) is 6.08 Å². The number of para-hydroxylation sites is 1. The molecule has 1 aliphatic rings. The van der Waals surface area contributed by atoms with Gasteiger partial charge in [-0.25, -0.2) is 4.57 Å². The Balaban J connectivity index is 0.00000133. The summed E-state index contributed by atoms with van der Waals surface area (Å²) in [6.45, 7) is 0. The van der Waals surface area contributed by atoms with E-state index in [1.165, 1.54) is 0 Å². The molecule has 1 aliphatic heterocycles. The minimum absolute atomic E-state index is 0. The summed E-state index contributed by atoms with van der Waals surface area (Å²) in [5, 5.41) is 3.16. The lowest BCUT2D eigenvalue weighted by atomic mass is 10.1. The van der Waals surface area contributed by atoms with E-state index >= 15 is 0 Å². The zero-order chi connectivity index (χ0) is 12.5. The molecule has 0 bridgehead atoms. The second kappa shape index (κ2) is 5.52. The number of pyridine rings is 1. The summed E-state index contributed by atoms with van der Waals surface area (Å²) in [6, 6.07) is 13.5. The summed E-state index contributed by atoms with van der Waals surface area (Å²) in [5.74, 6) is 0.0504. The summed E-state index contributed by atoms with van der Waals surface area (Å²) >= 11 is 0. The molecule has 0 saturated carbocycles. The number of hydrogen-bond donors (Lipinski definition) is 1. The SMILES string of the molecule is C[n+]1ccccc1/C=C1/Nc2ccccc2C1=O.[I-]. The molecular weight excluding hydrogens is 351 g/mol. The molecule has 3 rings (SSSR count). The zero-order valence-electron chi connectivity index (χ0n) is 10.4. The summed E-state index contributed by atoms with van der Waals surface area (Å²) < 4.78 is 1.98. The molecule has 4 heteroatoms. The number of fused-ring (bicyclic) bond motifs is 1. The number of anilines is 1. The molecule has 0 unspecified atom stereocenters. The second-order valence-corrected chi connectivity index (χ2v) is 4.29. The van der Waals surface area contributed by atoms with Crippen LogP contribution in [0.3, 0.4) is 0 Å². The van der Waals surface area contributed by atoms with Crippen LogP contribution in [0.5, 0.6) is 0 Å². The number of carbonyl (C=O) groups is 1. The van der Waals surface area contributed by atoms with Crippen LogP contribution in [0.4, 0.5) is 5.69 Å². The number of allylic oxidation sites excluding steroid dienone is 1. The first-order valence-electron chi connectivity index (χ1n) is 5.83. The van der Waals surface area contributed by atoms with Crippen LogP contribution < -0.4 is 33.9 Å². The van der Waals surface area contributed by atoms with Crippen LogP contribution >= 0.6 is 0 Å². The Kier molecular flexibility index (Phi) is 3.99. The Labute approximate surface area is 129 Å². The fourth-order valence-electron chi connectivity index (χ4n) is 2.07. The van der Waals surface area contributed by atoms with E-state index < -0.39 is 0 Å². The van der Waals surface area contributed by atoms with Gasteiger partial charge in [0.25, 0.3) is 0 Å². The Morgan fingerprint density at radius 3 is 2.58 bits per heavy atom. The van der Waals surface area contributed by atoms with E-state index in [-0.39, 0.29) is 29.8 Å². The number of aryl methyl sites for hydroxylation is 1. The zero-order valence-corrected chi connectivity index (χ0v) is 12.6. The lowest BCUT2D eigenvalue weighted by Gasteiger charge is -1.97. The highest BCUT2D eigenvalue weighted by Crippen LogP contribution is 2.27. The largest absolute Gasteiger partial charge is 1.00 e. The average molecular weight is 364 g/mol. The first-order valence-corrected chi connectivity index (χ1v) is 5.83. The van der Waals surface area contributed by atoms with Crippen LogP contribution in [-0.4, -0.2) is 5.78 Å². The predicted octanol–water partition coefficient (Wildman–Crippen LogP) is -0.836. The molecule has 19 heavy (non-hydrogen) atoms. The highest BCUT2D eigenvalue weighted by atomic mass is 127. The van der Waals surface area contributed by atoms with E-state index in [0.717, 1.165) is 16.9 Å². The van der Waals surface area contributed by atoms with Crippen molar-refractivity contribution in [3.63, 3.8) is 0 Å². The molecule has 0 aliphatic carbocycles. The third kappa shape index (κ3) is 2.53. The maximum absolute atomic E-state index is 12.2. The van der Waals surface area contributed by atoms with Gasteiger partial charge in [0, 0.05) is 29.5 Å². The molecule has 3 nitrogen and oxygen atoms in total. The summed E-state index contributed by atoms with van der Waals surface area (Å²) in [6.07, 6.45) is 3.83. The number of Topliss-reactive ketones (excluding diaryl/α,β-unsaturated/α-hetero) is 1. The molecule has 1 aromatic heterocycles. The van der Waals surface area contributed by atoms with Gasteiger partial charge < -0.3 is 29.3 Å². The van der Waals surface area contributed by atoms with Gasteiger partial charge >= 0.3 is 0 Å². The van der Waals surface area contributed by atoms with Gasteiger partial charge in [-0.1, -0.05) is 12.1 Å². The van der Waals surface area contributed by atoms with Crippen molar-refractivity contribution in [1.29, 1.82) is 0 Å². The van der Waals surface area contributed by atoms with Crippen LogP contribution in [-0.2, 0) is 7.05 Å². The molecule has 1 N–H and O–H groups in total. The van der Waals surface area contributed by atoms with E-state index in [9.17, 15) is 4.79 Å². The number of hydrogen-bond acceptors (Lipinski definition) is 2. The third-order valence-corrected chi connectivity index (χ3v) is 3.07. The molecular formula is C15H13IN2O. The number of nitrogens with zero attached hydrogens (tertiary/aromatic N) is 1. The maximum atomic E-state index is 12.2. The Bertz CT molecular complexity index is 665. The highest BCUT2D eigenvalue weighted by molar-refractivity contribution is 6.20. The van der Waals surface area contributed by atoms with Crippen molar-refractivity contribution in [2.75, 3.05) is 5.32 Å². The van der Waals surface area contributed by atoms with Crippen molar-refractivity contribution >= 4 is 17.5 Å². The predicted molar refractivity (Wildman–Crippen MR) is 70.0 cm³/mol. The van der Waals surface area contributed by atoms with Gasteiger partial charge in [0.05, 0.1) is 5.70 Å². The molecule has 0 atom stereocenters. The minimum Gasteiger partial charge on any atom is -1.00 e. The van der Waals surface area contributed by atoms with Crippen molar-refractivity contribution in [3.8, 4) is 0 Å². The fraction of sp³-hybridized carbons (Fsp3) is 0.0667. The quantitative estimate of drug-likeness (QED) is 0.407. The first-order chi connectivity index (χ1) is 8.75. The Hall–Kier alpha value is -1.69. The number of nitrogens with one attached hydrogen (secondary N) is 1. The van der Waals surface area contributed by atoms with Crippen molar-refractivity contribution in [2.45, 2.75) is 0 Å². The van der Waals surface area contributed by atoms with Gasteiger partial charge in [0.2, 0.25) is 11.5 Å². The monoisotopic (exact) mass is 364 g/mol. The maximum Gasteiger partial charge on any atom is 0.211 e. The van der Waals surface area contributed by atoms with Gasteiger partial charge in [0.15, 0.2) is 6.20 Å². The van der Waals surface area contributed by atoms with Crippen LogP contribution in [0.2, 0.25) is 0 Å². The van der Waals surface area contributed by atoms with Crippen LogP contribution in [0.1, 0.15) is 16.1 Å². The lowest BCUT2D eigenvalue weighted by Crippen LogP contribution is -3.00. The molecule has 96 valence electrons. The average Bonchev–Trinajstić information content (AvgIpc) is 2.70. The molecule has 0 radical (unpaired) electrons. The van der Waals surface area contributed by atoms with Gasteiger partial charge in [-0.15, -0.1) is 0 Å². The number of aromatic nitrogens is 1. The van der Waals surface area contributed by atoms with Gasteiger partial charge in [-0.3, -0.25) is 4.79 Å². The topological polar surface area (TPSA) is 33.0 Å². The smallest absolute Gasteiger partial charge is 0.211 e. The van der Waals surface area contributed by atoms with Crippen molar-refractivity contribution in [2.24, 2.45) is 7.05 Å². The summed E-state index contributed by atoms with van der Waals surface area (Å²) in [4.78, 5) is 12.2. The summed E-state index contributed by atoms with van der Waals surface area (Å²) in [5.41, 5.74) is 3.23. The number of ketones is 1. The third-order valence-electron chi connectivity index (χ3n) is 3.07. The van der Waals surface area contributed by atoms with E-state index in [2.05, 4.69) is 5.32 Å². The molecule has 0 amide bonds. The van der Waals surface area contributed by atoms with E-state index in [1.807, 2.05) is 66.4 Å². The first kappa shape index (κ1) is 13.7. The van der Waals surface area contributed by atoms with E-state index in [1.54, 1.807) is 0 Å². The van der Waals surface area contributed by atoms with Crippen LogP contribution in [0, 0.1) is 0 Å². The number of halogens is 1. The molecule has 0 saturated heterocycles. The van der Waals surface area contributed by atoms with Gasteiger partial charge in [-0.05, 0) is 18.2 Å². The second-order valence-electron chi connectivity index (χ2n) is 4.29. The van der Waals surface area contributed by atoms with Crippen molar-refractivity contribution < 1.29 is 33.3 Å². The molecule has 0 fully saturated rings. The highest BCUT2D eigenvalue weighted by Gasteiger charge is 2.24. The van der Waals surface area contributed by atoms with Crippen molar-refractivity contribution in [1.82, 2.24) is 0 Å². The van der Waals surface area contributed by atoms with Gasteiger partial charge in [0.1, 0.15) is 7.05 Å². The van der Waals surface area contributed by atoms with Crippen molar-refractivity contribution in [3.05, 3.63) is 65.6 Å². The molecule has 2 aromatic rings. The fourth-order valence-corrected chi connectivity index (χ4v) is 2.07.